The van der Waals surface area contributed by atoms with E-state index in [-0.39, 0.29) is 30.3 Å². The first kappa shape index (κ1) is 23.2. The third-order valence-electron chi connectivity index (χ3n) is 5.80. The van der Waals surface area contributed by atoms with Crippen molar-refractivity contribution < 1.29 is 4.79 Å². The van der Waals surface area contributed by atoms with Crippen LogP contribution in [0.5, 0.6) is 0 Å². The number of amides is 2. The second-order valence-corrected chi connectivity index (χ2v) is 8.17. The second-order valence-electron chi connectivity index (χ2n) is 8.17. The van der Waals surface area contributed by atoms with E-state index >= 15 is 0 Å². The second kappa shape index (κ2) is 10.2. The van der Waals surface area contributed by atoms with Gasteiger partial charge in [-0.05, 0) is 56.1 Å². The van der Waals surface area contributed by atoms with Crippen LogP contribution in [0.3, 0.4) is 0 Å². The molecule has 1 atom stereocenters. The predicted octanol–water partition coefficient (Wildman–Crippen LogP) is 1.14. The van der Waals surface area contributed by atoms with Crippen LogP contribution in [0.1, 0.15) is 24.8 Å². The number of carbonyl (C=O) groups is 1. The highest BCUT2D eigenvalue weighted by molar-refractivity contribution is 5.88. The number of anilines is 1. The number of benzene rings is 1. The van der Waals surface area contributed by atoms with Gasteiger partial charge in [-0.15, -0.1) is 12.4 Å². The molecule has 2 saturated heterocycles. The molecule has 0 aliphatic carbocycles. The third kappa shape index (κ3) is 5.82. The van der Waals surface area contributed by atoms with Gasteiger partial charge >= 0.3 is 11.7 Å². The van der Waals surface area contributed by atoms with Gasteiger partial charge < -0.3 is 16.4 Å². The highest BCUT2D eigenvalue weighted by Crippen LogP contribution is 2.15. The van der Waals surface area contributed by atoms with E-state index in [1.807, 2.05) is 24.3 Å². The maximum absolute atomic E-state index is 12.5. The van der Waals surface area contributed by atoms with Crippen LogP contribution in [0.25, 0.3) is 5.69 Å². The van der Waals surface area contributed by atoms with Crippen molar-refractivity contribution in [2.24, 2.45) is 11.5 Å². The maximum Gasteiger partial charge on any atom is 0.354 e. The van der Waals surface area contributed by atoms with Crippen LogP contribution >= 0.6 is 12.4 Å². The van der Waals surface area contributed by atoms with Crippen LogP contribution < -0.4 is 22.5 Å². The topological polar surface area (TPSA) is 123 Å². The quantitative estimate of drug-likeness (QED) is 0.646. The minimum Gasteiger partial charge on any atom is -0.328 e. The van der Waals surface area contributed by atoms with E-state index < -0.39 is 5.69 Å². The van der Waals surface area contributed by atoms with E-state index in [9.17, 15) is 9.59 Å². The first-order chi connectivity index (χ1) is 14.5. The molecule has 0 saturated carbocycles. The van der Waals surface area contributed by atoms with Crippen molar-refractivity contribution in [3.63, 3.8) is 0 Å². The zero-order chi connectivity index (χ0) is 21.1. The Bertz CT molecular complexity index is 941. The van der Waals surface area contributed by atoms with Crippen LogP contribution in [0.2, 0.25) is 0 Å². The van der Waals surface area contributed by atoms with Crippen LogP contribution in [0, 0.1) is 0 Å². The van der Waals surface area contributed by atoms with Gasteiger partial charge in [-0.3, -0.25) is 14.8 Å². The molecule has 2 aliphatic heterocycles. The Balaban J connectivity index is 0.00000272. The van der Waals surface area contributed by atoms with E-state index in [0.29, 0.717) is 19.1 Å². The standard InChI is InChI=1S/C21H29N7O2.ClH/c22-16-5-9-26(10-6-16)13-15-1-3-18(4-2-15)28-12-8-19(25-21(28)30)24-20(29)27-11-7-17(23)14-27;/h1-4,8,12,16-17H,5-7,9-11,13-14,22-23H2,(H,24,25,29,30);1H/t17-;/m0./s1. The van der Waals surface area contributed by atoms with Crippen molar-refractivity contribution in [3.05, 3.63) is 52.6 Å². The number of nitrogens with zero attached hydrogens (tertiary/aromatic N) is 4. The lowest BCUT2D eigenvalue weighted by Crippen LogP contribution is -2.39. The summed E-state index contributed by atoms with van der Waals surface area (Å²) >= 11 is 0. The number of nitrogens with one attached hydrogen (secondary N) is 1. The van der Waals surface area contributed by atoms with Crippen molar-refractivity contribution in [1.82, 2.24) is 19.4 Å². The SMILES string of the molecule is Cl.NC1CCN(Cc2ccc(-n3ccc(NC(=O)N4CC[C@H](N)C4)nc3=O)cc2)CC1. The summed E-state index contributed by atoms with van der Waals surface area (Å²) in [6, 6.07) is 9.56. The number of rotatable bonds is 4. The lowest BCUT2D eigenvalue weighted by Gasteiger charge is -2.30. The monoisotopic (exact) mass is 447 g/mol. The molecule has 1 aromatic carbocycles. The summed E-state index contributed by atoms with van der Waals surface area (Å²) in [6.07, 6.45) is 4.48. The van der Waals surface area contributed by atoms with Crippen LogP contribution in [-0.2, 0) is 6.54 Å². The molecular weight excluding hydrogens is 418 g/mol. The van der Waals surface area contributed by atoms with E-state index in [1.165, 1.54) is 10.1 Å². The van der Waals surface area contributed by atoms with Crippen LogP contribution in [-0.4, -0.2) is 63.6 Å². The van der Waals surface area contributed by atoms with E-state index in [1.54, 1.807) is 17.2 Å². The lowest BCUT2D eigenvalue weighted by molar-refractivity contribution is 0.205. The van der Waals surface area contributed by atoms with Crippen LogP contribution in [0.4, 0.5) is 10.6 Å². The minimum atomic E-state index is -0.441. The Morgan fingerprint density at radius 2 is 1.71 bits per heavy atom. The number of carbonyl (C=O) groups excluding carboxylic acids is 1. The van der Waals surface area contributed by atoms with Gasteiger partial charge in [0.1, 0.15) is 5.82 Å². The molecular formula is C21H30ClN7O2. The molecule has 2 amide bonds. The first-order valence-electron chi connectivity index (χ1n) is 10.5. The van der Waals surface area contributed by atoms with Crippen molar-refractivity contribution in [2.45, 2.75) is 37.9 Å². The van der Waals surface area contributed by atoms with Gasteiger partial charge in [0, 0.05) is 37.9 Å². The summed E-state index contributed by atoms with van der Waals surface area (Å²) < 4.78 is 1.46. The molecule has 10 heteroatoms. The molecule has 3 heterocycles. The van der Waals surface area contributed by atoms with Gasteiger partial charge in [0.15, 0.2) is 0 Å². The largest absolute Gasteiger partial charge is 0.354 e. The van der Waals surface area contributed by atoms with Crippen molar-refractivity contribution >= 4 is 24.3 Å². The first-order valence-corrected chi connectivity index (χ1v) is 10.5. The highest BCUT2D eigenvalue weighted by Gasteiger charge is 2.24. The molecule has 1 aromatic heterocycles. The summed E-state index contributed by atoms with van der Waals surface area (Å²) in [7, 11) is 0. The van der Waals surface area contributed by atoms with E-state index in [2.05, 4.69) is 15.2 Å². The van der Waals surface area contributed by atoms with Gasteiger partial charge in [0.2, 0.25) is 0 Å². The molecule has 4 rings (SSSR count). The summed E-state index contributed by atoms with van der Waals surface area (Å²) in [5.41, 5.74) is 13.3. The number of aromatic nitrogens is 2. The number of halogens is 1. The number of urea groups is 1. The molecule has 0 bridgehead atoms. The van der Waals surface area contributed by atoms with Crippen LogP contribution in [0.15, 0.2) is 41.3 Å². The van der Waals surface area contributed by atoms with Crippen molar-refractivity contribution in [3.8, 4) is 5.69 Å². The van der Waals surface area contributed by atoms with E-state index in [4.69, 9.17) is 11.5 Å². The summed E-state index contributed by atoms with van der Waals surface area (Å²) in [6.45, 7) is 4.04. The Morgan fingerprint density at radius 3 is 2.32 bits per heavy atom. The van der Waals surface area contributed by atoms with Gasteiger partial charge in [-0.2, -0.15) is 4.98 Å². The Kier molecular flexibility index (Phi) is 7.66. The molecule has 0 radical (unpaired) electrons. The Hall–Kier alpha value is -2.46. The average molecular weight is 448 g/mol. The predicted molar refractivity (Wildman–Crippen MR) is 123 cm³/mol. The molecule has 168 valence electrons. The Morgan fingerprint density at radius 1 is 1.03 bits per heavy atom. The van der Waals surface area contributed by atoms with Gasteiger partial charge in [0.05, 0.1) is 5.69 Å². The number of likely N-dealkylation sites (tertiary alicyclic amines) is 2. The fraction of sp³-hybridized carbons (Fsp3) is 0.476. The van der Waals surface area contributed by atoms with Gasteiger partial charge in [-0.1, -0.05) is 12.1 Å². The van der Waals surface area contributed by atoms with Crippen molar-refractivity contribution in [2.75, 3.05) is 31.5 Å². The fourth-order valence-electron chi connectivity index (χ4n) is 3.96. The third-order valence-corrected chi connectivity index (χ3v) is 5.80. The molecule has 9 nitrogen and oxygen atoms in total. The minimum absolute atomic E-state index is 0. The number of hydrogen-bond donors (Lipinski definition) is 3. The summed E-state index contributed by atoms with van der Waals surface area (Å²) in [4.78, 5) is 32.8. The smallest absolute Gasteiger partial charge is 0.328 e. The number of hydrogen-bond acceptors (Lipinski definition) is 6. The van der Waals surface area contributed by atoms with E-state index in [0.717, 1.165) is 44.6 Å². The molecule has 31 heavy (non-hydrogen) atoms. The molecule has 2 aromatic rings. The molecule has 2 aliphatic rings. The molecule has 0 unspecified atom stereocenters. The number of piperidine rings is 1. The zero-order valence-corrected chi connectivity index (χ0v) is 18.3. The highest BCUT2D eigenvalue weighted by atomic mass is 35.5. The fourth-order valence-corrected chi connectivity index (χ4v) is 3.96. The Labute approximate surface area is 187 Å². The molecule has 0 spiro atoms. The lowest BCUT2D eigenvalue weighted by atomic mass is 10.1. The van der Waals surface area contributed by atoms with Gasteiger partial charge in [-0.25, -0.2) is 9.59 Å². The summed E-state index contributed by atoms with van der Waals surface area (Å²) in [5.74, 6) is 0.238. The molecule has 5 N–H and O–H groups in total. The maximum atomic E-state index is 12.5. The van der Waals surface area contributed by atoms with Gasteiger partial charge in [0.25, 0.3) is 0 Å². The normalized spacial score (nSPS) is 19.8. The number of nitrogens with two attached hydrogens (primary N) is 2. The zero-order valence-electron chi connectivity index (χ0n) is 17.4. The van der Waals surface area contributed by atoms with Crippen molar-refractivity contribution in [1.29, 1.82) is 0 Å². The molecule has 2 fully saturated rings. The average Bonchev–Trinajstić information content (AvgIpc) is 3.17. The summed E-state index contributed by atoms with van der Waals surface area (Å²) in [5, 5.41) is 2.67.